The molecule has 1 aromatic rings. The maximum Gasteiger partial charge on any atom is 0.127 e. The van der Waals surface area contributed by atoms with Crippen molar-refractivity contribution >= 4 is 22.6 Å². The van der Waals surface area contributed by atoms with Crippen LogP contribution in [0.25, 0.3) is 0 Å². The van der Waals surface area contributed by atoms with Crippen molar-refractivity contribution in [3.8, 4) is 0 Å². The molecule has 58 valence electrons. The largest absolute Gasteiger partial charge is 0.207 e. The van der Waals surface area contributed by atoms with E-state index in [0.717, 1.165) is 3.57 Å². The Balaban J connectivity index is 2.98. The van der Waals surface area contributed by atoms with Crippen LogP contribution in [0.3, 0.4) is 0 Å². The average Bonchev–Trinajstić information content (AvgIpc) is 1.95. The van der Waals surface area contributed by atoms with Gasteiger partial charge in [0.05, 0.1) is 0 Å². The van der Waals surface area contributed by atoms with Crippen LogP contribution in [0.15, 0.2) is 30.9 Å². The van der Waals surface area contributed by atoms with Gasteiger partial charge in [-0.05, 0) is 46.7 Å². The van der Waals surface area contributed by atoms with Gasteiger partial charge >= 0.3 is 0 Å². The molecule has 0 N–H and O–H groups in total. The van der Waals surface area contributed by atoms with Gasteiger partial charge in [-0.2, -0.15) is 0 Å². The quantitative estimate of drug-likeness (QED) is 0.567. The van der Waals surface area contributed by atoms with Gasteiger partial charge in [0, 0.05) is 3.57 Å². The third-order valence-electron chi connectivity index (χ3n) is 1.38. The molecule has 0 nitrogen and oxygen atoms in total. The van der Waals surface area contributed by atoms with Gasteiger partial charge in [-0.3, -0.25) is 0 Å². The Hall–Kier alpha value is -0.380. The highest BCUT2D eigenvalue weighted by atomic mass is 127. The Morgan fingerprint density at radius 1 is 1.55 bits per heavy atom. The fraction of sp³-hybridized carbons (Fsp3) is 0.111. The molecular weight excluding hydrogens is 254 g/mol. The molecule has 1 rings (SSSR count). The van der Waals surface area contributed by atoms with Crippen LogP contribution >= 0.6 is 22.6 Å². The van der Waals surface area contributed by atoms with E-state index in [2.05, 4.69) is 29.2 Å². The summed E-state index contributed by atoms with van der Waals surface area (Å²) in [6.45, 7) is 3.55. The predicted octanol–water partition coefficient (Wildman–Crippen LogP) is 3.16. The molecule has 0 aliphatic rings. The van der Waals surface area contributed by atoms with Gasteiger partial charge in [-0.15, -0.1) is 6.58 Å². The van der Waals surface area contributed by atoms with E-state index in [9.17, 15) is 4.39 Å². The summed E-state index contributed by atoms with van der Waals surface area (Å²) in [5.41, 5.74) is 0.709. The first-order chi connectivity index (χ1) is 5.24. The highest BCUT2D eigenvalue weighted by molar-refractivity contribution is 14.1. The van der Waals surface area contributed by atoms with Crippen LogP contribution in [0, 0.1) is 9.39 Å². The van der Waals surface area contributed by atoms with Crippen molar-refractivity contribution in [1.82, 2.24) is 0 Å². The molecule has 0 radical (unpaired) electrons. The minimum atomic E-state index is -0.142. The third kappa shape index (κ3) is 2.29. The van der Waals surface area contributed by atoms with Crippen molar-refractivity contribution in [1.29, 1.82) is 0 Å². The van der Waals surface area contributed by atoms with Crippen LogP contribution in [-0.4, -0.2) is 0 Å². The first kappa shape index (κ1) is 8.71. The SMILES string of the molecule is C=CCc1ccc(I)cc1F. The summed E-state index contributed by atoms with van der Waals surface area (Å²) in [5, 5.41) is 0. The summed E-state index contributed by atoms with van der Waals surface area (Å²) < 4.78 is 13.9. The minimum Gasteiger partial charge on any atom is -0.207 e. The smallest absolute Gasteiger partial charge is 0.127 e. The van der Waals surface area contributed by atoms with Gasteiger partial charge in [0.2, 0.25) is 0 Å². The van der Waals surface area contributed by atoms with Gasteiger partial charge < -0.3 is 0 Å². The van der Waals surface area contributed by atoms with E-state index in [1.54, 1.807) is 12.1 Å². The Morgan fingerprint density at radius 2 is 2.27 bits per heavy atom. The van der Waals surface area contributed by atoms with Crippen LogP contribution in [0.5, 0.6) is 0 Å². The maximum atomic E-state index is 13.0. The molecule has 0 aliphatic heterocycles. The van der Waals surface area contributed by atoms with Crippen LogP contribution in [0.4, 0.5) is 4.39 Å². The van der Waals surface area contributed by atoms with Crippen molar-refractivity contribution in [2.75, 3.05) is 0 Å². The van der Waals surface area contributed by atoms with Crippen molar-refractivity contribution < 1.29 is 4.39 Å². The molecule has 0 unspecified atom stereocenters. The lowest BCUT2D eigenvalue weighted by atomic mass is 10.1. The maximum absolute atomic E-state index is 13.0. The molecule has 11 heavy (non-hydrogen) atoms. The Morgan fingerprint density at radius 3 is 2.82 bits per heavy atom. The Bertz CT molecular complexity index is 268. The van der Waals surface area contributed by atoms with Gasteiger partial charge in [0.15, 0.2) is 0 Å². The van der Waals surface area contributed by atoms with E-state index in [0.29, 0.717) is 12.0 Å². The Labute approximate surface area is 79.3 Å². The first-order valence-electron chi connectivity index (χ1n) is 3.29. The van der Waals surface area contributed by atoms with Gasteiger partial charge in [0.1, 0.15) is 5.82 Å². The number of halogens is 2. The number of hydrogen-bond donors (Lipinski definition) is 0. The molecule has 0 heterocycles. The topological polar surface area (TPSA) is 0 Å². The molecule has 1 aromatic carbocycles. The van der Waals surface area contributed by atoms with E-state index in [4.69, 9.17) is 0 Å². The summed E-state index contributed by atoms with van der Waals surface area (Å²) in [6.07, 6.45) is 2.30. The zero-order valence-electron chi connectivity index (χ0n) is 5.98. The second-order valence-corrected chi connectivity index (χ2v) is 3.47. The fourth-order valence-corrected chi connectivity index (χ4v) is 1.30. The number of allylic oxidation sites excluding steroid dienone is 1. The van der Waals surface area contributed by atoms with Crippen LogP contribution in [-0.2, 0) is 6.42 Å². The highest BCUT2D eigenvalue weighted by Gasteiger charge is 1.98. The summed E-state index contributed by atoms with van der Waals surface area (Å²) in [4.78, 5) is 0. The molecule has 0 atom stereocenters. The van der Waals surface area contributed by atoms with E-state index < -0.39 is 0 Å². The molecule has 0 aromatic heterocycles. The monoisotopic (exact) mass is 262 g/mol. The lowest BCUT2D eigenvalue weighted by Crippen LogP contribution is -1.87. The Kier molecular flexibility index (Phi) is 3.05. The fourth-order valence-electron chi connectivity index (χ4n) is 0.843. The van der Waals surface area contributed by atoms with E-state index in [1.807, 2.05) is 6.07 Å². The van der Waals surface area contributed by atoms with E-state index in [1.165, 1.54) is 6.07 Å². The number of rotatable bonds is 2. The molecule has 0 amide bonds. The second-order valence-electron chi connectivity index (χ2n) is 2.23. The molecule has 0 spiro atoms. The van der Waals surface area contributed by atoms with Gasteiger partial charge in [-0.1, -0.05) is 12.1 Å². The van der Waals surface area contributed by atoms with Crippen molar-refractivity contribution in [2.45, 2.75) is 6.42 Å². The van der Waals surface area contributed by atoms with Crippen LogP contribution < -0.4 is 0 Å². The summed E-state index contributed by atoms with van der Waals surface area (Å²) in [5.74, 6) is -0.142. The third-order valence-corrected chi connectivity index (χ3v) is 2.05. The van der Waals surface area contributed by atoms with Gasteiger partial charge in [0.25, 0.3) is 0 Å². The van der Waals surface area contributed by atoms with Crippen molar-refractivity contribution in [3.05, 3.63) is 45.8 Å². The molecule has 0 bridgehead atoms. The molecule has 0 saturated carbocycles. The second kappa shape index (κ2) is 3.85. The van der Waals surface area contributed by atoms with Crippen LogP contribution in [0.2, 0.25) is 0 Å². The zero-order chi connectivity index (χ0) is 8.27. The highest BCUT2D eigenvalue weighted by Crippen LogP contribution is 2.12. The zero-order valence-corrected chi connectivity index (χ0v) is 8.14. The average molecular weight is 262 g/mol. The van der Waals surface area contributed by atoms with Crippen LogP contribution in [0.1, 0.15) is 5.56 Å². The molecule has 0 saturated heterocycles. The van der Waals surface area contributed by atoms with E-state index in [-0.39, 0.29) is 5.82 Å². The minimum absolute atomic E-state index is 0.142. The van der Waals surface area contributed by atoms with Crippen molar-refractivity contribution in [2.24, 2.45) is 0 Å². The summed E-state index contributed by atoms with van der Waals surface area (Å²) in [7, 11) is 0. The predicted molar refractivity (Wildman–Crippen MR) is 53.0 cm³/mol. The lowest BCUT2D eigenvalue weighted by molar-refractivity contribution is 0.614. The molecule has 0 aliphatic carbocycles. The van der Waals surface area contributed by atoms with Gasteiger partial charge in [-0.25, -0.2) is 4.39 Å². The van der Waals surface area contributed by atoms with E-state index >= 15 is 0 Å². The normalized spacial score (nSPS) is 9.64. The number of hydrogen-bond acceptors (Lipinski definition) is 0. The summed E-state index contributed by atoms with van der Waals surface area (Å²) in [6, 6.07) is 5.21. The first-order valence-corrected chi connectivity index (χ1v) is 4.36. The standard InChI is InChI=1S/C9H8FI/c1-2-3-7-4-5-8(11)6-9(7)10/h2,4-6H,1,3H2. The molecule has 0 fully saturated rings. The summed E-state index contributed by atoms with van der Waals surface area (Å²) >= 11 is 2.08. The lowest BCUT2D eigenvalue weighted by Gasteiger charge is -1.98. The molecular formula is C9H8FI. The van der Waals surface area contributed by atoms with Crippen molar-refractivity contribution in [3.63, 3.8) is 0 Å². The molecule has 2 heteroatoms. The number of benzene rings is 1.